The zero-order valence-electron chi connectivity index (χ0n) is 17.2. The summed E-state index contributed by atoms with van der Waals surface area (Å²) in [5.74, 6) is -2.07. The molecule has 2 heterocycles. The number of amides is 1. The Morgan fingerprint density at radius 1 is 1.23 bits per heavy atom. The number of hydrogen-bond donors (Lipinski definition) is 1. The van der Waals surface area contributed by atoms with E-state index in [-0.39, 0.29) is 11.8 Å². The minimum atomic E-state index is -0.965. The molecule has 1 N–H and O–H groups in total. The summed E-state index contributed by atoms with van der Waals surface area (Å²) in [5, 5.41) is 28.8. The van der Waals surface area contributed by atoms with Gasteiger partial charge in [-0.15, -0.1) is 11.3 Å². The molecule has 31 heavy (non-hydrogen) atoms. The zero-order valence-corrected chi connectivity index (χ0v) is 18.0. The van der Waals surface area contributed by atoms with Crippen molar-refractivity contribution in [1.29, 1.82) is 0 Å². The van der Waals surface area contributed by atoms with Gasteiger partial charge >= 0.3 is 17.5 Å². The third kappa shape index (κ3) is 4.55. The van der Waals surface area contributed by atoms with Gasteiger partial charge in [0.05, 0.1) is 21.7 Å². The van der Waals surface area contributed by atoms with Crippen LogP contribution in [0.15, 0.2) is 0 Å². The van der Waals surface area contributed by atoms with Crippen LogP contribution in [0.5, 0.6) is 0 Å². The molecule has 0 fully saturated rings. The van der Waals surface area contributed by atoms with Crippen molar-refractivity contribution in [3.05, 3.63) is 41.9 Å². The molecule has 0 radical (unpaired) electrons. The van der Waals surface area contributed by atoms with E-state index in [0.29, 0.717) is 17.0 Å². The first-order chi connectivity index (χ1) is 14.6. The predicted molar refractivity (Wildman–Crippen MR) is 110 cm³/mol. The number of aryl methyl sites for hydroxylation is 1. The second-order valence-corrected chi connectivity index (χ2v) is 8.45. The Kier molecular flexibility index (Phi) is 6.34. The number of thiophene rings is 1. The molecule has 1 aliphatic rings. The van der Waals surface area contributed by atoms with Gasteiger partial charge in [-0.25, -0.2) is 4.79 Å². The van der Waals surface area contributed by atoms with Crippen LogP contribution >= 0.6 is 11.3 Å². The molecule has 0 unspecified atom stereocenters. The van der Waals surface area contributed by atoms with Crippen molar-refractivity contribution < 1.29 is 24.2 Å². The largest absolute Gasteiger partial charge is 0.468 e. The molecular formula is C18H21N5O7S. The van der Waals surface area contributed by atoms with Crippen molar-refractivity contribution in [2.45, 2.75) is 59.1 Å². The van der Waals surface area contributed by atoms with E-state index in [1.165, 1.54) is 18.3 Å². The fraction of sp³-hybridized carbons (Fsp3) is 0.500. The maximum Gasteiger partial charge on any atom is 0.468 e. The molecule has 2 aromatic rings. The third-order valence-electron chi connectivity index (χ3n) is 4.78. The summed E-state index contributed by atoms with van der Waals surface area (Å²) in [6.07, 6.45) is 3.09. The number of ether oxygens (including phenoxy) is 1. The van der Waals surface area contributed by atoms with Gasteiger partial charge < -0.3 is 20.2 Å². The van der Waals surface area contributed by atoms with E-state index in [2.05, 4.69) is 10.4 Å². The van der Waals surface area contributed by atoms with Crippen molar-refractivity contribution in [2.24, 2.45) is 0 Å². The number of aromatic nitrogens is 2. The summed E-state index contributed by atoms with van der Waals surface area (Å²) in [6.45, 7) is 4.26. The van der Waals surface area contributed by atoms with Crippen LogP contribution < -0.4 is 5.32 Å². The molecule has 1 amide bonds. The van der Waals surface area contributed by atoms with Gasteiger partial charge in [0.2, 0.25) is 5.91 Å². The fourth-order valence-electron chi connectivity index (χ4n) is 3.46. The first kappa shape index (κ1) is 22.3. The summed E-state index contributed by atoms with van der Waals surface area (Å²) in [4.78, 5) is 46.7. The number of carbonyl (C=O) groups is 2. The number of fused-ring (bicyclic) bond motifs is 1. The molecule has 12 nitrogen and oxygen atoms in total. The second-order valence-electron chi connectivity index (χ2n) is 7.35. The van der Waals surface area contributed by atoms with Crippen molar-refractivity contribution in [1.82, 2.24) is 9.78 Å². The lowest BCUT2D eigenvalue weighted by molar-refractivity contribution is -0.424. The standard InChI is InChI=1S/C18H21N5O7S/c1-9(2)30-18(25)14-11-6-4-5-7-12(11)31-17(14)19-13(24)8-21-10(3)15(22(26)27)16(20-21)23(28)29/h9H,4-8H2,1-3H3,(H,19,24). The van der Waals surface area contributed by atoms with Crippen LogP contribution in [-0.4, -0.2) is 37.6 Å². The van der Waals surface area contributed by atoms with Crippen molar-refractivity contribution in [3.8, 4) is 0 Å². The monoisotopic (exact) mass is 451 g/mol. The first-order valence-electron chi connectivity index (χ1n) is 9.61. The molecule has 0 bridgehead atoms. The molecule has 0 atom stereocenters. The van der Waals surface area contributed by atoms with E-state index in [9.17, 15) is 29.8 Å². The highest BCUT2D eigenvalue weighted by Crippen LogP contribution is 2.39. The Morgan fingerprint density at radius 3 is 2.48 bits per heavy atom. The number of esters is 1. The number of carbonyl (C=O) groups excluding carboxylic acids is 2. The van der Waals surface area contributed by atoms with Crippen molar-refractivity contribution in [2.75, 3.05) is 5.32 Å². The lowest BCUT2D eigenvalue weighted by Gasteiger charge is -2.14. The number of nitrogens with zero attached hydrogens (tertiary/aromatic N) is 4. The Balaban J connectivity index is 1.88. The smallest absolute Gasteiger partial charge is 0.459 e. The summed E-state index contributed by atoms with van der Waals surface area (Å²) in [5.41, 5.74) is 0.331. The van der Waals surface area contributed by atoms with Crippen LogP contribution in [-0.2, 0) is 28.9 Å². The third-order valence-corrected chi connectivity index (χ3v) is 5.98. The molecule has 0 aromatic carbocycles. The molecular weight excluding hydrogens is 430 g/mol. The molecule has 166 valence electrons. The summed E-state index contributed by atoms with van der Waals surface area (Å²) in [6, 6.07) is 0. The van der Waals surface area contributed by atoms with Gasteiger partial charge in [0.1, 0.15) is 17.2 Å². The molecule has 0 saturated carbocycles. The van der Waals surface area contributed by atoms with Crippen LogP contribution in [0.1, 0.15) is 53.2 Å². The van der Waals surface area contributed by atoms with E-state index >= 15 is 0 Å². The average Bonchev–Trinajstić information content (AvgIpc) is 3.18. The molecule has 0 spiro atoms. The van der Waals surface area contributed by atoms with Crippen LogP contribution in [0.4, 0.5) is 16.5 Å². The number of anilines is 1. The summed E-state index contributed by atoms with van der Waals surface area (Å²) in [7, 11) is 0. The number of rotatable bonds is 7. The average molecular weight is 451 g/mol. The van der Waals surface area contributed by atoms with Crippen LogP contribution in [0, 0.1) is 27.2 Å². The first-order valence-corrected chi connectivity index (χ1v) is 10.4. The molecule has 3 rings (SSSR count). The maximum atomic E-state index is 12.7. The summed E-state index contributed by atoms with van der Waals surface area (Å²) < 4.78 is 6.25. The Labute approximate surface area is 180 Å². The highest BCUT2D eigenvalue weighted by atomic mass is 32.1. The number of nitro groups is 2. The Bertz CT molecular complexity index is 1070. The highest BCUT2D eigenvalue weighted by Gasteiger charge is 2.36. The van der Waals surface area contributed by atoms with Crippen molar-refractivity contribution >= 4 is 39.7 Å². The van der Waals surface area contributed by atoms with E-state index in [1.54, 1.807) is 13.8 Å². The van der Waals surface area contributed by atoms with Crippen LogP contribution in [0.2, 0.25) is 0 Å². The van der Waals surface area contributed by atoms with E-state index in [4.69, 9.17) is 4.74 Å². The molecule has 2 aromatic heterocycles. The molecule has 13 heteroatoms. The van der Waals surface area contributed by atoms with E-state index < -0.39 is 39.8 Å². The molecule has 1 aliphatic carbocycles. The number of nitrogens with one attached hydrogen (secondary N) is 1. The Morgan fingerprint density at radius 2 is 1.90 bits per heavy atom. The lowest BCUT2D eigenvalue weighted by atomic mass is 9.95. The predicted octanol–water partition coefficient (Wildman–Crippen LogP) is 3.15. The van der Waals surface area contributed by atoms with Gasteiger partial charge in [-0.05, 0) is 56.9 Å². The topological polar surface area (TPSA) is 159 Å². The quantitative estimate of drug-likeness (QED) is 0.382. The van der Waals surface area contributed by atoms with Gasteiger partial charge in [-0.3, -0.25) is 14.9 Å². The van der Waals surface area contributed by atoms with Gasteiger partial charge in [0.15, 0.2) is 0 Å². The molecule has 0 saturated heterocycles. The van der Waals surface area contributed by atoms with Gasteiger partial charge in [-0.1, -0.05) is 0 Å². The van der Waals surface area contributed by atoms with Crippen molar-refractivity contribution in [3.63, 3.8) is 0 Å². The summed E-state index contributed by atoms with van der Waals surface area (Å²) >= 11 is 1.30. The van der Waals surface area contributed by atoms with Gasteiger partial charge in [0, 0.05) is 4.88 Å². The van der Waals surface area contributed by atoms with E-state index in [0.717, 1.165) is 34.4 Å². The normalized spacial score (nSPS) is 13.0. The van der Waals surface area contributed by atoms with Crippen LogP contribution in [0.25, 0.3) is 0 Å². The zero-order chi connectivity index (χ0) is 22.9. The Hall–Kier alpha value is -3.35. The van der Waals surface area contributed by atoms with Gasteiger partial charge in [0.25, 0.3) is 0 Å². The fourth-order valence-corrected chi connectivity index (χ4v) is 4.75. The van der Waals surface area contributed by atoms with Gasteiger partial charge in [-0.2, -0.15) is 4.68 Å². The minimum absolute atomic E-state index is 0.114. The SMILES string of the molecule is Cc1c([N+](=O)[O-])c([N+](=O)[O-])nn1CC(=O)Nc1sc2c(c1C(=O)OC(C)C)CCCC2. The minimum Gasteiger partial charge on any atom is -0.459 e. The maximum absolute atomic E-state index is 12.7. The lowest BCUT2D eigenvalue weighted by Crippen LogP contribution is -2.22. The second kappa shape index (κ2) is 8.79. The van der Waals surface area contributed by atoms with Crippen LogP contribution in [0.3, 0.4) is 0 Å². The molecule has 0 aliphatic heterocycles. The number of hydrogen-bond acceptors (Lipinski definition) is 9. The van der Waals surface area contributed by atoms with E-state index in [1.807, 2.05) is 0 Å². The highest BCUT2D eigenvalue weighted by molar-refractivity contribution is 7.17.